The van der Waals surface area contributed by atoms with Crippen molar-refractivity contribution in [2.45, 2.75) is 91.4 Å². The molecule has 0 saturated heterocycles. The Morgan fingerprint density at radius 2 is 1.59 bits per heavy atom. The summed E-state index contributed by atoms with van der Waals surface area (Å²) in [6.07, 6.45) is 17.0. The maximum absolute atomic E-state index is 2.66. The Bertz CT molecular complexity index is 389. The van der Waals surface area contributed by atoms with Crippen molar-refractivity contribution >= 4 is 0 Å². The van der Waals surface area contributed by atoms with Crippen molar-refractivity contribution in [3.05, 3.63) is 0 Å². The zero-order chi connectivity index (χ0) is 15.3. The van der Waals surface area contributed by atoms with Gasteiger partial charge in [0.2, 0.25) is 0 Å². The predicted molar refractivity (Wildman–Crippen MR) is 94.7 cm³/mol. The second-order valence-corrected chi connectivity index (χ2v) is 10.2. The molecule has 0 N–H and O–H groups in total. The SMILES string of the molecule is CC(C1CCCCC1)C1CCC2CCCC3C2C1CC3(C)C. The van der Waals surface area contributed by atoms with Gasteiger partial charge in [-0.1, -0.05) is 65.7 Å². The first kappa shape index (κ1) is 15.5. The highest BCUT2D eigenvalue weighted by Gasteiger charge is 2.56. The molecule has 4 aliphatic carbocycles. The maximum atomic E-state index is 2.66. The molecule has 4 saturated carbocycles. The van der Waals surface area contributed by atoms with Crippen molar-refractivity contribution in [1.29, 1.82) is 0 Å². The van der Waals surface area contributed by atoms with Crippen molar-refractivity contribution in [2.24, 2.45) is 46.8 Å². The lowest BCUT2D eigenvalue weighted by Crippen LogP contribution is -2.41. The van der Waals surface area contributed by atoms with Crippen molar-refractivity contribution in [3.8, 4) is 0 Å². The van der Waals surface area contributed by atoms with Gasteiger partial charge in [-0.25, -0.2) is 0 Å². The van der Waals surface area contributed by atoms with Gasteiger partial charge in [-0.2, -0.15) is 0 Å². The number of hydrogen-bond acceptors (Lipinski definition) is 0. The minimum atomic E-state index is 0.642. The molecule has 4 rings (SSSR count). The average molecular weight is 303 g/mol. The third kappa shape index (κ3) is 2.48. The summed E-state index contributed by atoms with van der Waals surface area (Å²) in [6, 6.07) is 0. The van der Waals surface area contributed by atoms with Gasteiger partial charge in [-0.3, -0.25) is 0 Å². The zero-order valence-electron chi connectivity index (χ0n) is 15.3. The third-order valence-electron chi connectivity index (χ3n) is 8.85. The van der Waals surface area contributed by atoms with E-state index < -0.39 is 0 Å². The molecule has 126 valence electrons. The van der Waals surface area contributed by atoms with E-state index in [4.69, 9.17) is 0 Å². The second-order valence-electron chi connectivity index (χ2n) is 10.2. The van der Waals surface area contributed by atoms with Gasteiger partial charge in [0.1, 0.15) is 0 Å². The third-order valence-corrected chi connectivity index (χ3v) is 8.85. The van der Waals surface area contributed by atoms with Crippen LogP contribution in [0.5, 0.6) is 0 Å². The monoisotopic (exact) mass is 302 g/mol. The summed E-state index contributed by atoms with van der Waals surface area (Å²) < 4.78 is 0. The summed E-state index contributed by atoms with van der Waals surface area (Å²) in [6.45, 7) is 7.88. The molecule has 0 aliphatic heterocycles. The Hall–Kier alpha value is 0. The summed E-state index contributed by atoms with van der Waals surface area (Å²) in [7, 11) is 0. The molecule has 6 unspecified atom stereocenters. The Kier molecular flexibility index (Phi) is 4.10. The molecular formula is C22H38. The van der Waals surface area contributed by atoms with E-state index in [9.17, 15) is 0 Å². The molecule has 6 atom stereocenters. The van der Waals surface area contributed by atoms with Crippen LogP contribution in [0.25, 0.3) is 0 Å². The molecule has 0 bridgehead atoms. The average Bonchev–Trinajstić information content (AvgIpc) is 2.81. The van der Waals surface area contributed by atoms with Crippen LogP contribution >= 0.6 is 0 Å². The minimum absolute atomic E-state index is 0.642. The van der Waals surface area contributed by atoms with Crippen LogP contribution in [0.2, 0.25) is 0 Å². The molecule has 0 spiro atoms. The summed E-state index contributed by atoms with van der Waals surface area (Å²) in [5, 5.41) is 0. The van der Waals surface area contributed by atoms with Gasteiger partial charge >= 0.3 is 0 Å². The van der Waals surface area contributed by atoms with E-state index in [2.05, 4.69) is 20.8 Å². The van der Waals surface area contributed by atoms with E-state index in [1.54, 1.807) is 44.9 Å². The summed E-state index contributed by atoms with van der Waals surface area (Å²) in [5.41, 5.74) is 0.642. The molecule has 0 amide bonds. The normalized spacial score (nSPS) is 46.2. The summed E-state index contributed by atoms with van der Waals surface area (Å²) in [4.78, 5) is 0. The fraction of sp³-hybridized carbons (Fsp3) is 1.00. The Morgan fingerprint density at radius 3 is 2.36 bits per heavy atom. The van der Waals surface area contributed by atoms with Crippen LogP contribution < -0.4 is 0 Å². The highest BCUT2D eigenvalue weighted by Crippen LogP contribution is 2.64. The lowest BCUT2D eigenvalue weighted by molar-refractivity contribution is 0.00793. The van der Waals surface area contributed by atoms with Crippen LogP contribution in [0.4, 0.5) is 0 Å². The van der Waals surface area contributed by atoms with Crippen molar-refractivity contribution in [2.75, 3.05) is 0 Å². The molecule has 0 radical (unpaired) electrons. The second kappa shape index (κ2) is 5.82. The van der Waals surface area contributed by atoms with E-state index in [0.717, 1.165) is 41.4 Å². The topological polar surface area (TPSA) is 0 Å². The smallest absolute Gasteiger partial charge is 0.0320 e. The van der Waals surface area contributed by atoms with Crippen molar-refractivity contribution in [3.63, 3.8) is 0 Å². The summed E-state index contributed by atoms with van der Waals surface area (Å²) >= 11 is 0. The minimum Gasteiger partial charge on any atom is -0.0620 e. The van der Waals surface area contributed by atoms with Gasteiger partial charge in [0.25, 0.3) is 0 Å². The standard InChI is InChI=1S/C22H38/c1-15(16-8-5-4-6-9-16)18-13-12-17-10-7-11-20-21(17)19(18)14-22(20,2)3/h15-21H,4-14H2,1-3H3. The molecule has 0 heteroatoms. The molecule has 0 aromatic carbocycles. The maximum Gasteiger partial charge on any atom is -0.0320 e. The lowest BCUT2D eigenvalue weighted by Gasteiger charge is -2.48. The molecule has 0 aromatic rings. The van der Waals surface area contributed by atoms with Crippen LogP contribution in [0, 0.1) is 46.8 Å². The first-order chi connectivity index (χ1) is 10.6. The van der Waals surface area contributed by atoms with E-state index in [0.29, 0.717) is 5.41 Å². The number of rotatable bonds is 2. The van der Waals surface area contributed by atoms with Crippen LogP contribution in [0.15, 0.2) is 0 Å². The van der Waals surface area contributed by atoms with Crippen molar-refractivity contribution in [1.82, 2.24) is 0 Å². The van der Waals surface area contributed by atoms with Gasteiger partial charge < -0.3 is 0 Å². The predicted octanol–water partition coefficient (Wildman–Crippen LogP) is 6.69. The fourth-order valence-corrected chi connectivity index (χ4v) is 7.82. The molecule has 0 nitrogen and oxygen atoms in total. The van der Waals surface area contributed by atoms with Gasteiger partial charge in [0, 0.05) is 0 Å². The first-order valence-electron chi connectivity index (χ1n) is 10.6. The molecule has 0 aromatic heterocycles. The molecule has 0 heterocycles. The van der Waals surface area contributed by atoms with Gasteiger partial charge in [0.15, 0.2) is 0 Å². The molecule has 22 heavy (non-hydrogen) atoms. The van der Waals surface area contributed by atoms with Crippen LogP contribution in [-0.4, -0.2) is 0 Å². The number of hydrogen-bond donors (Lipinski definition) is 0. The molecule has 4 aliphatic rings. The van der Waals surface area contributed by atoms with Gasteiger partial charge in [-0.15, -0.1) is 0 Å². The quantitative estimate of drug-likeness (QED) is 0.533. The van der Waals surface area contributed by atoms with Crippen LogP contribution in [0.3, 0.4) is 0 Å². The van der Waals surface area contributed by atoms with E-state index in [1.807, 2.05) is 0 Å². The van der Waals surface area contributed by atoms with Crippen molar-refractivity contribution < 1.29 is 0 Å². The highest BCUT2D eigenvalue weighted by atomic mass is 14.6. The largest absolute Gasteiger partial charge is 0.0620 e. The van der Waals surface area contributed by atoms with E-state index >= 15 is 0 Å². The highest BCUT2D eigenvalue weighted by molar-refractivity contribution is 5.05. The lowest BCUT2D eigenvalue weighted by atomic mass is 9.57. The van der Waals surface area contributed by atoms with E-state index in [-0.39, 0.29) is 0 Å². The Morgan fingerprint density at radius 1 is 0.818 bits per heavy atom. The molecule has 4 fully saturated rings. The van der Waals surface area contributed by atoms with Crippen LogP contribution in [-0.2, 0) is 0 Å². The van der Waals surface area contributed by atoms with Crippen LogP contribution in [0.1, 0.15) is 91.4 Å². The molecular weight excluding hydrogens is 264 g/mol. The Labute approximate surface area is 138 Å². The first-order valence-corrected chi connectivity index (χ1v) is 10.6. The zero-order valence-corrected chi connectivity index (χ0v) is 15.3. The Balaban J connectivity index is 1.55. The van der Waals surface area contributed by atoms with Gasteiger partial charge in [-0.05, 0) is 72.5 Å². The summed E-state index contributed by atoms with van der Waals surface area (Å²) in [5.74, 6) is 7.55. The fourth-order valence-electron chi connectivity index (χ4n) is 7.82. The van der Waals surface area contributed by atoms with E-state index in [1.165, 1.54) is 25.7 Å². The van der Waals surface area contributed by atoms with Gasteiger partial charge in [0.05, 0.1) is 0 Å².